The van der Waals surface area contributed by atoms with Gasteiger partial charge in [-0.2, -0.15) is 0 Å². The van der Waals surface area contributed by atoms with E-state index in [1.54, 1.807) is 42.5 Å². The van der Waals surface area contributed by atoms with Crippen molar-refractivity contribution in [3.8, 4) is 0 Å². The van der Waals surface area contributed by atoms with Crippen molar-refractivity contribution in [3.63, 3.8) is 0 Å². The number of aliphatic carboxylic acids is 1. The van der Waals surface area contributed by atoms with Crippen molar-refractivity contribution in [2.45, 2.75) is 39.5 Å². The van der Waals surface area contributed by atoms with Gasteiger partial charge in [0.05, 0.1) is 17.9 Å². The number of aryl methyl sites for hydroxylation is 1. The second kappa shape index (κ2) is 11.0. The number of carboxylic acid groups (broad SMARTS) is 1. The molecule has 2 atom stereocenters. The maximum absolute atomic E-state index is 12.7. The van der Waals surface area contributed by atoms with E-state index in [0.717, 1.165) is 18.4 Å². The number of carboxylic acids is 1. The summed E-state index contributed by atoms with van der Waals surface area (Å²) in [4.78, 5) is 48.5. The summed E-state index contributed by atoms with van der Waals surface area (Å²) in [6.07, 6.45) is 1.45. The van der Waals surface area contributed by atoms with Crippen LogP contribution in [0.3, 0.4) is 0 Å². The summed E-state index contributed by atoms with van der Waals surface area (Å²) in [7, 11) is 0. The molecule has 0 saturated heterocycles. The van der Waals surface area contributed by atoms with Crippen LogP contribution in [0.2, 0.25) is 0 Å². The minimum atomic E-state index is -1.13. The Morgan fingerprint density at radius 2 is 1.57 bits per heavy atom. The lowest BCUT2D eigenvalue weighted by molar-refractivity contribution is -0.143. The molecule has 158 valence electrons. The summed E-state index contributed by atoms with van der Waals surface area (Å²) in [5.74, 6) is -4.74. The van der Waals surface area contributed by atoms with Gasteiger partial charge in [0, 0.05) is 11.5 Å². The molecule has 0 saturated carbocycles. The molecule has 0 aromatic heterocycles. The molecule has 1 N–H and O–H groups in total. The number of ether oxygens (including phenoxy) is 1. The summed E-state index contributed by atoms with van der Waals surface area (Å²) in [5.41, 5.74) is 1.73. The van der Waals surface area contributed by atoms with E-state index in [-0.39, 0.29) is 17.8 Å². The third-order valence-corrected chi connectivity index (χ3v) is 4.81. The van der Waals surface area contributed by atoms with E-state index < -0.39 is 36.2 Å². The Labute approximate surface area is 175 Å². The van der Waals surface area contributed by atoms with Gasteiger partial charge in [-0.3, -0.25) is 14.4 Å². The number of Topliss-reactive ketones (excluding diaryl/α,β-unsaturated/α-hetero) is 1. The first-order valence-electron chi connectivity index (χ1n) is 9.97. The van der Waals surface area contributed by atoms with Crippen LogP contribution in [-0.2, 0) is 20.7 Å². The average Bonchev–Trinajstić information content (AvgIpc) is 2.73. The van der Waals surface area contributed by atoms with Crippen molar-refractivity contribution in [3.05, 3.63) is 71.3 Å². The number of carbonyl (C=O) groups excluding carboxylic acids is 3. The minimum Gasteiger partial charge on any atom is -0.481 e. The van der Waals surface area contributed by atoms with Crippen molar-refractivity contribution >= 4 is 23.7 Å². The highest BCUT2D eigenvalue weighted by molar-refractivity contribution is 6.00. The molecule has 0 amide bonds. The number of ketones is 1. The Hall–Kier alpha value is -3.28. The van der Waals surface area contributed by atoms with Crippen LogP contribution in [0, 0.1) is 11.8 Å². The molecule has 0 fully saturated rings. The van der Waals surface area contributed by atoms with E-state index in [1.165, 1.54) is 6.92 Å². The molecule has 30 heavy (non-hydrogen) atoms. The lowest BCUT2D eigenvalue weighted by atomic mass is 9.86. The Morgan fingerprint density at radius 3 is 2.13 bits per heavy atom. The largest absolute Gasteiger partial charge is 0.481 e. The van der Waals surface area contributed by atoms with Gasteiger partial charge in [0.25, 0.3) is 0 Å². The van der Waals surface area contributed by atoms with Gasteiger partial charge in [-0.05, 0) is 30.5 Å². The Balaban J connectivity index is 2.02. The van der Waals surface area contributed by atoms with Gasteiger partial charge < -0.3 is 9.84 Å². The highest BCUT2D eigenvalue weighted by Gasteiger charge is 2.29. The molecule has 0 aliphatic rings. The number of hydrogen-bond donors (Lipinski definition) is 1. The first-order chi connectivity index (χ1) is 14.3. The van der Waals surface area contributed by atoms with Crippen molar-refractivity contribution in [1.29, 1.82) is 0 Å². The Morgan fingerprint density at radius 1 is 0.933 bits per heavy atom. The number of esters is 2. The van der Waals surface area contributed by atoms with Crippen molar-refractivity contribution < 1.29 is 29.0 Å². The fraction of sp³-hybridized carbons (Fsp3) is 0.333. The predicted molar refractivity (Wildman–Crippen MR) is 111 cm³/mol. The Bertz CT molecular complexity index is 886. The smallest absolute Gasteiger partial charge is 0.345 e. The molecule has 0 radical (unpaired) electrons. The second-order valence-corrected chi connectivity index (χ2v) is 7.32. The molecule has 0 heterocycles. The molecule has 2 aromatic rings. The number of rotatable bonds is 10. The van der Waals surface area contributed by atoms with E-state index in [0.29, 0.717) is 5.56 Å². The monoisotopic (exact) mass is 410 g/mol. The summed E-state index contributed by atoms with van der Waals surface area (Å²) in [5, 5.41) is 9.16. The SMILES string of the molecule is CCCc1ccc(C(=O)OC(=O)C(C)CC(CC(=O)O)C(=O)c2ccccc2)cc1. The normalized spacial score (nSPS) is 12.6. The number of carbonyl (C=O) groups is 4. The fourth-order valence-corrected chi connectivity index (χ4v) is 3.20. The molecular formula is C24H26O6. The van der Waals surface area contributed by atoms with Crippen LogP contribution < -0.4 is 0 Å². The average molecular weight is 410 g/mol. The molecule has 2 aromatic carbocycles. The lowest BCUT2D eigenvalue weighted by Gasteiger charge is -2.17. The molecule has 2 rings (SSSR count). The van der Waals surface area contributed by atoms with E-state index in [4.69, 9.17) is 9.84 Å². The predicted octanol–water partition coefficient (Wildman–Crippen LogP) is 4.32. The molecule has 0 aliphatic carbocycles. The van der Waals surface area contributed by atoms with Crippen LogP contribution in [0.5, 0.6) is 0 Å². The highest BCUT2D eigenvalue weighted by atomic mass is 16.6. The van der Waals surface area contributed by atoms with Crippen LogP contribution in [-0.4, -0.2) is 28.8 Å². The fourth-order valence-electron chi connectivity index (χ4n) is 3.20. The molecule has 6 heteroatoms. The van der Waals surface area contributed by atoms with E-state index >= 15 is 0 Å². The van der Waals surface area contributed by atoms with Gasteiger partial charge in [0.1, 0.15) is 0 Å². The molecule has 0 bridgehead atoms. The molecule has 6 nitrogen and oxygen atoms in total. The van der Waals surface area contributed by atoms with Gasteiger partial charge in [0.15, 0.2) is 5.78 Å². The second-order valence-electron chi connectivity index (χ2n) is 7.32. The van der Waals surface area contributed by atoms with Crippen LogP contribution >= 0.6 is 0 Å². The molecule has 0 aliphatic heterocycles. The van der Waals surface area contributed by atoms with E-state index in [2.05, 4.69) is 6.92 Å². The third kappa shape index (κ3) is 6.65. The maximum atomic E-state index is 12.7. The van der Waals surface area contributed by atoms with E-state index in [9.17, 15) is 19.2 Å². The highest BCUT2D eigenvalue weighted by Crippen LogP contribution is 2.22. The van der Waals surface area contributed by atoms with Crippen LogP contribution in [0.4, 0.5) is 0 Å². The van der Waals surface area contributed by atoms with Crippen LogP contribution in [0.25, 0.3) is 0 Å². The van der Waals surface area contributed by atoms with Crippen molar-refractivity contribution in [2.75, 3.05) is 0 Å². The molecule has 0 spiro atoms. The standard InChI is InChI=1S/C24H26O6/c1-3-7-17-10-12-19(13-11-17)24(29)30-23(28)16(2)14-20(15-21(25)26)22(27)18-8-5-4-6-9-18/h4-6,8-13,16,20H,3,7,14-15H2,1-2H3,(H,25,26). The van der Waals surface area contributed by atoms with Crippen LogP contribution in [0.1, 0.15) is 59.4 Å². The number of hydrogen-bond acceptors (Lipinski definition) is 5. The van der Waals surface area contributed by atoms with Gasteiger partial charge in [-0.25, -0.2) is 4.79 Å². The third-order valence-electron chi connectivity index (χ3n) is 4.81. The van der Waals surface area contributed by atoms with Gasteiger partial charge >= 0.3 is 17.9 Å². The summed E-state index contributed by atoms with van der Waals surface area (Å²) >= 11 is 0. The topological polar surface area (TPSA) is 97.7 Å². The van der Waals surface area contributed by atoms with Crippen molar-refractivity contribution in [1.82, 2.24) is 0 Å². The lowest BCUT2D eigenvalue weighted by Crippen LogP contribution is -2.26. The first kappa shape index (κ1) is 23.0. The summed E-state index contributed by atoms with van der Waals surface area (Å²) in [6.45, 7) is 3.58. The first-order valence-corrected chi connectivity index (χ1v) is 9.97. The van der Waals surface area contributed by atoms with E-state index in [1.807, 2.05) is 12.1 Å². The van der Waals surface area contributed by atoms with Crippen molar-refractivity contribution in [2.24, 2.45) is 11.8 Å². The molecule has 2 unspecified atom stereocenters. The van der Waals surface area contributed by atoms with Gasteiger partial charge in [-0.1, -0.05) is 62.7 Å². The Kier molecular flexibility index (Phi) is 8.47. The molecular weight excluding hydrogens is 384 g/mol. The zero-order chi connectivity index (χ0) is 22.1. The number of benzene rings is 2. The maximum Gasteiger partial charge on any atom is 0.345 e. The summed E-state index contributed by atoms with van der Waals surface area (Å²) < 4.78 is 4.95. The zero-order valence-electron chi connectivity index (χ0n) is 17.2. The van der Waals surface area contributed by atoms with Crippen LogP contribution in [0.15, 0.2) is 54.6 Å². The van der Waals surface area contributed by atoms with Gasteiger partial charge in [-0.15, -0.1) is 0 Å². The minimum absolute atomic E-state index is 0.0262. The zero-order valence-corrected chi connectivity index (χ0v) is 17.2. The van der Waals surface area contributed by atoms with Gasteiger partial charge in [0.2, 0.25) is 0 Å². The quantitative estimate of drug-likeness (QED) is 0.356. The summed E-state index contributed by atoms with van der Waals surface area (Å²) in [6, 6.07) is 15.2.